The average molecular weight is 592 g/mol. The van der Waals surface area contributed by atoms with Crippen molar-refractivity contribution in [2.24, 2.45) is 0 Å². The summed E-state index contributed by atoms with van der Waals surface area (Å²) in [6.45, 7) is 5.00. The molecule has 7 nitrogen and oxygen atoms in total. The van der Waals surface area contributed by atoms with Crippen molar-refractivity contribution in [3.05, 3.63) is 88.4 Å². The second-order valence-corrected chi connectivity index (χ2v) is 9.82. The van der Waals surface area contributed by atoms with E-state index in [4.69, 9.17) is 9.47 Å². The number of anilines is 2. The summed E-state index contributed by atoms with van der Waals surface area (Å²) in [6, 6.07) is 19.9. The van der Waals surface area contributed by atoms with E-state index in [9.17, 15) is 14.4 Å². The minimum Gasteiger partial charge on any atom is -0.490 e. The maximum atomic E-state index is 13.6. The maximum Gasteiger partial charge on any atom is 0.343 e. The lowest BCUT2D eigenvalue weighted by Crippen LogP contribution is -2.57. The van der Waals surface area contributed by atoms with Gasteiger partial charge in [-0.15, -0.1) is 0 Å². The van der Waals surface area contributed by atoms with Crippen LogP contribution in [0.4, 0.5) is 16.2 Å². The number of amides is 4. The highest BCUT2D eigenvalue weighted by Gasteiger charge is 2.43. The van der Waals surface area contributed by atoms with E-state index in [1.165, 1.54) is 6.08 Å². The molecule has 3 aromatic rings. The summed E-state index contributed by atoms with van der Waals surface area (Å²) in [4.78, 5) is 42.8. The minimum atomic E-state index is -0.734. The minimum absolute atomic E-state index is 0.148. The molecule has 4 rings (SSSR count). The lowest BCUT2D eigenvalue weighted by molar-refractivity contribution is -0.121. The molecule has 0 bridgehead atoms. The van der Waals surface area contributed by atoms with Crippen molar-refractivity contribution in [3.63, 3.8) is 0 Å². The number of halogens is 1. The molecular formula is C31H31BrN2O5. The van der Waals surface area contributed by atoms with Crippen molar-refractivity contribution >= 4 is 51.2 Å². The Morgan fingerprint density at radius 1 is 0.769 bits per heavy atom. The Labute approximate surface area is 237 Å². The molecule has 0 aromatic heterocycles. The Morgan fingerprint density at radius 3 is 1.90 bits per heavy atom. The summed E-state index contributed by atoms with van der Waals surface area (Å²) >= 11 is 3.57. The highest BCUT2D eigenvalue weighted by molar-refractivity contribution is 9.10. The first-order valence-electron chi connectivity index (χ1n) is 13.1. The van der Waals surface area contributed by atoms with Crippen molar-refractivity contribution in [3.8, 4) is 11.5 Å². The molecule has 1 heterocycles. The summed E-state index contributed by atoms with van der Waals surface area (Å²) in [7, 11) is 0. The standard InChI is InChI=1S/C31H31BrN2O5/c1-3-5-6-13-18-39-28-26(32)20-22(21-27(28)38-4-2)19-25-29(35)33(23-14-9-7-10-15-23)31(37)34(30(25)36)24-16-11-8-12-17-24/h7-12,14-17,19-21H,3-6,13,18H2,1-2H3. The lowest BCUT2D eigenvalue weighted by atomic mass is 10.0. The fraction of sp³-hybridized carbons (Fsp3) is 0.258. The highest BCUT2D eigenvalue weighted by Crippen LogP contribution is 2.38. The van der Waals surface area contributed by atoms with Gasteiger partial charge in [-0.2, -0.15) is 0 Å². The number of para-hydroxylation sites is 2. The number of rotatable bonds is 11. The molecule has 39 heavy (non-hydrogen) atoms. The van der Waals surface area contributed by atoms with Crippen LogP contribution in [0.25, 0.3) is 6.08 Å². The number of ether oxygens (including phenoxy) is 2. The number of unbranched alkanes of at least 4 members (excludes halogenated alkanes) is 3. The van der Waals surface area contributed by atoms with Crippen molar-refractivity contribution in [1.29, 1.82) is 0 Å². The van der Waals surface area contributed by atoms with Crippen molar-refractivity contribution in [2.75, 3.05) is 23.0 Å². The second kappa shape index (κ2) is 13.2. The third-order valence-corrected chi connectivity index (χ3v) is 6.75. The van der Waals surface area contributed by atoms with E-state index in [0.29, 0.717) is 46.1 Å². The Hall–Kier alpha value is -3.91. The molecule has 0 unspecified atom stereocenters. The van der Waals surface area contributed by atoms with Gasteiger partial charge in [0, 0.05) is 0 Å². The molecule has 1 aliphatic rings. The van der Waals surface area contributed by atoms with Gasteiger partial charge >= 0.3 is 6.03 Å². The largest absolute Gasteiger partial charge is 0.490 e. The van der Waals surface area contributed by atoms with Gasteiger partial charge in [-0.25, -0.2) is 14.6 Å². The normalized spacial score (nSPS) is 13.6. The van der Waals surface area contributed by atoms with E-state index in [2.05, 4.69) is 22.9 Å². The molecule has 8 heteroatoms. The molecule has 1 aliphatic heterocycles. The third kappa shape index (κ3) is 6.40. The fourth-order valence-corrected chi connectivity index (χ4v) is 4.86. The van der Waals surface area contributed by atoms with Crippen LogP contribution in [0.15, 0.2) is 82.8 Å². The van der Waals surface area contributed by atoms with Crippen LogP contribution in [-0.2, 0) is 9.59 Å². The van der Waals surface area contributed by atoms with E-state index in [-0.39, 0.29) is 5.57 Å². The molecule has 4 amide bonds. The van der Waals surface area contributed by atoms with Gasteiger partial charge in [-0.3, -0.25) is 9.59 Å². The Morgan fingerprint density at radius 2 is 1.36 bits per heavy atom. The van der Waals surface area contributed by atoms with Gasteiger partial charge in [0.15, 0.2) is 11.5 Å². The number of hydrogen-bond donors (Lipinski definition) is 0. The molecule has 202 valence electrons. The average Bonchev–Trinajstić information content (AvgIpc) is 2.93. The monoisotopic (exact) mass is 590 g/mol. The Balaban J connectivity index is 1.74. The first-order valence-corrected chi connectivity index (χ1v) is 13.9. The summed E-state index contributed by atoms with van der Waals surface area (Å²) in [5.74, 6) is -0.327. The first-order chi connectivity index (χ1) is 19.0. The van der Waals surface area contributed by atoms with Crippen molar-refractivity contribution in [2.45, 2.75) is 39.5 Å². The predicted molar refractivity (Wildman–Crippen MR) is 156 cm³/mol. The molecular weight excluding hydrogens is 560 g/mol. The maximum absolute atomic E-state index is 13.6. The molecule has 3 aromatic carbocycles. The zero-order valence-electron chi connectivity index (χ0n) is 22.1. The zero-order chi connectivity index (χ0) is 27.8. The van der Waals surface area contributed by atoms with Gasteiger partial charge in [0.25, 0.3) is 11.8 Å². The Kier molecular flexibility index (Phi) is 9.54. The fourth-order valence-electron chi connectivity index (χ4n) is 4.28. The van der Waals surface area contributed by atoms with Gasteiger partial charge in [-0.1, -0.05) is 62.6 Å². The molecule has 0 atom stereocenters. The van der Waals surface area contributed by atoms with Gasteiger partial charge in [0.2, 0.25) is 0 Å². The quantitative estimate of drug-likeness (QED) is 0.132. The van der Waals surface area contributed by atoms with Crippen LogP contribution in [0.2, 0.25) is 0 Å². The van der Waals surface area contributed by atoms with E-state index in [1.807, 2.05) is 6.92 Å². The van der Waals surface area contributed by atoms with Crippen LogP contribution in [0, 0.1) is 0 Å². The van der Waals surface area contributed by atoms with E-state index in [1.54, 1.807) is 72.8 Å². The highest BCUT2D eigenvalue weighted by atomic mass is 79.9. The molecule has 0 spiro atoms. The van der Waals surface area contributed by atoms with Gasteiger partial charge in [0.1, 0.15) is 5.57 Å². The molecule has 1 saturated heterocycles. The number of nitrogens with zero attached hydrogens (tertiary/aromatic N) is 2. The molecule has 0 N–H and O–H groups in total. The molecule has 0 saturated carbocycles. The van der Waals surface area contributed by atoms with Crippen LogP contribution in [0.5, 0.6) is 11.5 Å². The van der Waals surface area contributed by atoms with Crippen LogP contribution >= 0.6 is 15.9 Å². The predicted octanol–water partition coefficient (Wildman–Crippen LogP) is 7.39. The summed E-state index contributed by atoms with van der Waals surface area (Å²) in [5.41, 5.74) is 1.14. The number of benzene rings is 3. The SMILES string of the molecule is CCCCCCOc1c(Br)cc(C=C2C(=O)N(c3ccccc3)C(=O)N(c3ccccc3)C2=O)cc1OCC. The number of carbonyl (C=O) groups excluding carboxylic acids is 3. The number of imide groups is 2. The molecule has 0 aliphatic carbocycles. The summed E-state index contributed by atoms with van der Waals surface area (Å²) in [6.07, 6.45) is 5.80. The van der Waals surface area contributed by atoms with Crippen LogP contribution in [-0.4, -0.2) is 31.1 Å². The third-order valence-electron chi connectivity index (χ3n) is 6.17. The van der Waals surface area contributed by atoms with E-state index < -0.39 is 17.8 Å². The number of carbonyl (C=O) groups is 3. The van der Waals surface area contributed by atoms with Crippen molar-refractivity contribution < 1.29 is 23.9 Å². The second-order valence-electron chi connectivity index (χ2n) is 8.96. The lowest BCUT2D eigenvalue weighted by Gasteiger charge is -2.34. The van der Waals surface area contributed by atoms with E-state index >= 15 is 0 Å². The number of barbiturate groups is 1. The first kappa shape index (κ1) is 28.1. The van der Waals surface area contributed by atoms with Crippen molar-refractivity contribution in [1.82, 2.24) is 0 Å². The topological polar surface area (TPSA) is 76.2 Å². The zero-order valence-corrected chi connectivity index (χ0v) is 23.6. The van der Waals surface area contributed by atoms with Gasteiger partial charge in [-0.05, 0) is 77.3 Å². The number of hydrogen-bond acceptors (Lipinski definition) is 5. The van der Waals surface area contributed by atoms with Crippen LogP contribution < -0.4 is 19.3 Å². The Bertz CT molecular complexity index is 1290. The van der Waals surface area contributed by atoms with Gasteiger partial charge in [0.05, 0.1) is 29.1 Å². The summed E-state index contributed by atoms with van der Waals surface area (Å²) < 4.78 is 12.5. The summed E-state index contributed by atoms with van der Waals surface area (Å²) in [5, 5.41) is 0. The van der Waals surface area contributed by atoms with Crippen LogP contribution in [0.1, 0.15) is 45.1 Å². The van der Waals surface area contributed by atoms with Crippen LogP contribution in [0.3, 0.4) is 0 Å². The molecule has 1 fully saturated rings. The molecule has 0 radical (unpaired) electrons. The number of urea groups is 1. The smallest absolute Gasteiger partial charge is 0.343 e. The van der Waals surface area contributed by atoms with E-state index in [0.717, 1.165) is 35.5 Å². The van der Waals surface area contributed by atoms with Gasteiger partial charge < -0.3 is 9.47 Å².